The van der Waals surface area contributed by atoms with E-state index < -0.39 is 0 Å². The molecule has 17 heavy (non-hydrogen) atoms. The SMILES string of the molecule is O=C1CN(c2ccccc2)C[C@H]2CCCCN12. The zero-order chi connectivity index (χ0) is 11.7. The highest BCUT2D eigenvalue weighted by Crippen LogP contribution is 2.25. The van der Waals surface area contributed by atoms with Crippen LogP contribution in [0.25, 0.3) is 0 Å². The largest absolute Gasteiger partial charge is 0.360 e. The highest BCUT2D eigenvalue weighted by Gasteiger charge is 2.33. The maximum Gasteiger partial charge on any atom is 0.242 e. The van der Waals surface area contributed by atoms with Gasteiger partial charge in [-0.15, -0.1) is 0 Å². The summed E-state index contributed by atoms with van der Waals surface area (Å²) in [6, 6.07) is 10.7. The van der Waals surface area contributed by atoms with E-state index in [9.17, 15) is 4.79 Å². The van der Waals surface area contributed by atoms with Crippen molar-refractivity contribution in [1.82, 2.24) is 4.90 Å². The summed E-state index contributed by atoms with van der Waals surface area (Å²) < 4.78 is 0. The first-order chi connectivity index (χ1) is 8.34. The van der Waals surface area contributed by atoms with Gasteiger partial charge in [0.15, 0.2) is 0 Å². The van der Waals surface area contributed by atoms with Gasteiger partial charge in [0.2, 0.25) is 5.91 Å². The minimum atomic E-state index is 0.296. The van der Waals surface area contributed by atoms with Crippen molar-refractivity contribution in [3.8, 4) is 0 Å². The number of carbonyl (C=O) groups is 1. The Bertz CT molecular complexity index is 404. The number of piperidine rings is 1. The molecule has 0 bridgehead atoms. The fourth-order valence-corrected chi connectivity index (χ4v) is 2.93. The normalized spacial score (nSPS) is 24.7. The van der Waals surface area contributed by atoms with Gasteiger partial charge in [0.25, 0.3) is 0 Å². The van der Waals surface area contributed by atoms with Crippen molar-refractivity contribution < 1.29 is 4.79 Å². The lowest BCUT2D eigenvalue weighted by Crippen LogP contribution is -2.58. The predicted octanol–water partition coefficient (Wildman–Crippen LogP) is 1.89. The Hall–Kier alpha value is -1.51. The van der Waals surface area contributed by atoms with Crippen LogP contribution < -0.4 is 4.90 Å². The Labute approximate surface area is 102 Å². The molecule has 90 valence electrons. The average molecular weight is 230 g/mol. The second-order valence-corrected chi connectivity index (χ2v) is 4.95. The number of amides is 1. The zero-order valence-corrected chi connectivity index (χ0v) is 10.0. The van der Waals surface area contributed by atoms with Crippen LogP contribution >= 0.6 is 0 Å². The standard InChI is InChI=1S/C14H18N2O/c17-14-11-15(12-6-2-1-3-7-12)10-13-8-4-5-9-16(13)14/h1-3,6-7,13H,4-5,8-11H2/t13-/m1/s1. The highest BCUT2D eigenvalue weighted by molar-refractivity contribution is 5.83. The lowest BCUT2D eigenvalue weighted by atomic mass is 9.99. The van der Waals surface area contributed by atoms with Gasteiger partial charge in [0, 0.05) is 24.8 Å². The Kier molecular flexibility index (Phi) is 2.75. The third kappa shape index (κ3) is 2.02. The number of benzene rings is 1. The first kappa shape index (κ1) is 10.6. The maximum absolute atomic E-state index is 12.1. The molecule has 1 aromatic carbocycles. The second-order valence-electron chi connectivity index (χ2n) is 4.95. The summed E-state index contributed by atoms with van der Waals surface area (Å²) in [7, 11) is 0. The van der Waals surface area contributed by atoms with Gasteiger partial charge in [-0.25, -0.2) is 0 Å². The van der Waals surface area contributed by atoms with E-state index in [1.807, 2.05) is 18.2 Å². The van der Waals surface area contributed by atoms with E-state index in [0.29, 0.717) is 18.5 Å². The summed E-state index contributed by atoms with van der Waals surface area (Å²) in [5.74, 6) is 0.296. The van der Waals surface area contributed by atoms with Gasteiger partial charge < -0.3 is 9.80 Å². The van der Waals surface area contributed by atoms with Crippen molar-refractivity contribution in [3.05, 3.63) is 30.3 Å². The topological polar surface area (TPSA) is 23.6 Å². The quantitative estimate of drug-likeness (QED) is 0.735. The van der Waals surface area contributed by atoms with Crippen molar-refractivity contribution in [2.75, 3.05) is 24.5 Å². The molecule has 2 aliphatic heterocycles. The van der Waals surface area contributed by atoms with Crippen LogP contribution in [0.2, 0.25) is 0 Å². The molecule has 0 saturated carbocycles. The molecule has 3 nitrogen and oxygen atoms in total. The molecule has 0 N–H and O–H groups in total. The number of piperazine rings is 1. The van der Waals surface area contributed by atoms with Gasteiger partial charge in [-0.05, 0) is 31.4 Å². The van der Waals surface area contributed by atoms with Crippen molar-refractivity contribution >= 4 is 11.6 Å². The molecule has 0 aliphatic carbocycles. The molecule has 0 radical (unpaired) electrons. The van der Waals surface area contributed by atoms with E-state index in [-0.39, 0.29) is 0 Å². The maximum atomic E-state index is 12.1. The molecule has 0 spiro atoms. The van der Waals surface area contributed by atoms with Crippen molar-refractivity contribution in [2.24, 2.45) is 0 Å². The van der Waals surface area contributed by atoms with Gasteiger partial charge in [-0.2, -0.15) is 0 Å². The van der Waals surface area contributed by atoms with Crippen LogP contribution in [-0.4, -0.2) is 36.5 Å². The number of fused-ring (bicyclic) bond motifs is 1. The van der Waals surface area contributed by atoms with Crippen LogP contribution in [0.5, 0.6) is 0 Å². The number of nitrogens with zero attached hydrogens (tertiary/aromatic N) is 2. The smallest absolute Gasteiger partial charge is 0.242 e. The van der Waals surface area contributed by atoms with Crippen LogP contribution in [-0.2, 0) is 4.79 Å². The fraction of sp³-hybridized carbons (Fsp3) is 0.500. The molecule has 2 fully saturated rings. The van der Waals surface area contributed by atoms with E-state index >= 15 is 0 Å². The van der Waals surface area contributed by atoms with E-state index in [2.05, 4.69) is 21.9 Å². The third-order valence-corrected chi connectivity index (χ3v) is 3.83. The summed E-state index contributed by atoms with van der Waals surface area (Å²) in [6.45, 7) is 2.50. The Balaban J connectivity index is 1.79. The number of hydrogen-bond donors (Lipinski definition) is 0. The Morgan fingerprint density at radius 1 is 1.12 bits per heavy atom. The van der Waals surface area contributed by atoms with Gasteiger partial charge in [0.1, 0.15) is 0 Å². The van der Waals surface area contributed by atoms with Crippen LogP contribution in [0.1, 0.15) is 19.3 Å². The summed E-state index contributed by atoms with van der Waals surface area (Å²) >= 11 is 0. The first-order valence-electron chi connectivity index (χ1n) is 6.44. The molecule has 2 saturated heterocycles. The molecule has 0 unspecified atom stereocenters. The third-order valence-electron chi connectivity index (χ3n) is 3.83. The molecule has 3 heteroatoms. The van der Waals surface area contributed by atoms with Crippen molar-refractivity contribution in [3.63, 3.8) is 0 Å². The van der Waals surface area contributed by atoms with Crippen molar-refractivity contribution in [2.45, 2.75) is 25.3 Å². The molecular formula is C14H18N2O. The molecule has 0 aromatic heterocycles. The minimum absolute atomic E-state index is 0.296. The molecule has 2 heterocycles. The second kappa shape index (κ2) is 4.40. The number of carbonyl (C=O) groups excluding carboxylic acids is 1. The number of para-hydroxylation sites is 1. The van der Waals surface area contributed by atoms with Gasteiger partial charge in [-0.1, -0.05) is 18.2 Å². The van der Waals surface area contributed by atoms with Gasteiger partial charge in [0.05, 0.1) is 6.54 Å². The van der Waals surface area contributed by atoms with Crippen LogP contribution in [0.15, 0.2) is 30.3 Å². The van der Waals surface area contributed by atoms with Crippen molar-refractivity contribution in [1.29, 1.82) is 0 Å². The number of hydrogen-bond acceptors (Lipinski definition) is 2. The van der Waals surface area contributed by atoms with E-state index in [1.165, 1.54) is 18.5 Å². The lowest BCUT2D eigenvalue weighted by Gasteiger charge is -2.44. The van der Waals surface area contributed by atoms with Crippen LogP contribution in [0.3, 0.4) is 0 Å². The number of anilines is 1. The Morgan fingerprint density at radius 3 is 2.76 bits per heavy atom. The van der Waals surface area contributed by atoms with Crippen LogP contribution in [0.4, 0.5) is 5.69 Å². The molecule has 1 amide bonds. The van der Waals surface area contributed by atoms with Gasteiger partial charge in [-0.3, -0.25) is 4.79 Å². The predicted molar refractivity (Wildman–Crippen MR) is 68.0 cm³/mol. The first-order valence-corrected chi connectivity index (χ1v) is 6.44. The molecule has 3 rings (SSSR count). The van der Waals surface area contributed by atoms with E-state index in [0.717, 1.165) is 19.5 Å². The molecule has 1 atom stereocenters. The fourth-order valence-electron chi connectivity index (χ4n) is 2.93. The number of rotatable bonds is 1. The molecular weight excluding hydrogens is 212 g/mol. The van der Waals surface area contributed by atoms with E-state index in [4.69, 9.17) is 0 Å². The summed E-state index contributed by atoms with van der Waals surface area (Å²) in [4.78, 5) is 16.4. The minimum Gasteiger partial charge on any atom is -0.360 e. The summed E-state index contributed by atoms with van der Waals surface area (Å²) in [5, 5.41) is 0. The lowest BCUT2D eigenvalue weighted by molar-refractivity contribution is -0.135. The Morgan fingerprint density at radius 2 is 1.94 bits per heavy atom. The average Bonchev–Trinajstić information content (AvgIpc) is 2.40. The van der Waals surface area contributed by atoms with Gasteiger partial charge >= 0.3 is 0 Å². The summed E-state index contributed by atoms with van der Waals surface area (Å²) in [6.07, 6.45) is 3.60. The summed E-state index contributed by atoms with van der Waals surface area (Å²) in [5.41, 5.74) is 1.17. The molecule has 1 aromatic rings. The van der Waals surface area contributed by atoms with E-state index in [1.54, 1.807) is 0 Å². The molecule has 2 aliphatic rings. The monoisotopic (exact) mass is 230 g/mol. The van der Waals surface area contributed by atoms with Crippen LogP contribution in [0, 0.1) is 0 Å². The highest BCUT2D eigenvalue weighted by atomic mass is 16.2. The zero-order valence-electron chi connectivity index (χ0n) is 10.0.